The molecule has 1 N–H and O–H groups in total. The molecular weight excluding hydrogens is 409 g/mol. The molecule has 0 bridgehead atoms. The number of hydrogen-bond donors (Lipinski definition) is 1. The van der Waals surface area contributed by atoms with Gasteiger partial charge in [-0.25, -0.2) is 13.8 Å². The van der Waals surface area contributed by atoms with Crippen molar-refractivity contribution < 1.29 is 22.0 Å². The van der Waals surface area contributed by atoms with Crippen molar-refractivity contribution in [3.63, 3.8) is 0 Å². The molecule has 0 amide bonds. The maximum absolute atomic E-state index is 13.3. The van der Waals surface area contributed by atoms with Gasteiger partial charge < -0.3 is 10.2 Å². The number of rotatable bonds is 4. The lowest BCUT2D eigenvalue weighted by atomic mass is 10.2. The molecule has 4 heterocycles. The van der Waals surface area contributed by atoms with Crippen molar-refractivity contribution in [3.8, 4) is 11.5 Å². The normalized spacial score (nSPS) is 15.6. The molecule has 0 radical (unpaired) electrons. The van der Waals surface area contributed by atoms with Crippen molar-refractivity contribution in [1.82, 2.24) is 24.9 Å². The van der Waals surface area contributed by atoms with Crippen molar-refractivity contribution in [2.75, 3.05) is 23.3 Å². The minimum Gasteiger partial charge on any atom is -0.328 e. The van der Waals surface area contributed by atoms with E-state index in [0.717, 1.165) is 12.3 Å². The third-order valence-corrected chi connectivity index (χ3v) is 4.17. The lowest BCUT2D eigenvalue weighted by molar-refractivity contribution is -0.141. The quantitative estimate of drug-likeness (QED) is 0.639. The first-order valence-electron chi connectivity index (χ1n) is 8.72. The molecule has 7 nitrogen and oxygen atoms in total. The van der Waals surface area contributed by atoms with Crippen LogP contribution in [-0.4, -0.2) is 43.9 Å². The number of aryl methyl sites for hydroxylation is 1. The van der Waals surface area contributed by atoms with E-state index < -0.39 is 30.9 Å². The van der Waals surface area contributed by atoms with Crippen molar-refractivity contribution >= 4 is 17.6 Å². The summed E-state index contributed by atoms with van der Waals surface area (Å²) in [6, 6.07) is 7.22. The standard InChI is InChI=1S/C18H14F5N7/c1-10-3-2-4-12(25-10)14-27-15(29-16(28-14)30-8-17(19,20)9-30)26-11-5-6-24-13(7-11)18(21,22)23/h2-7H,8-9H2,1H3,(H,24,26,27,28,29). The van der Waals surface area contributed by atoms with E-state index in [-0.39, 0.29) is 23.4 Å². The van der Waals surface area contributed by atoms with Gasteiger partial charge in [0.1, 0.15) is 11.4 Å². The van der Waals surface area contributed by atoms with Crippen LogP contribution in [0.25, 0.3) is 11.5 Å². The monoisotopic (exact) mass is 423 g/mol. The third kappa shape index (κ3) is 4.26. The van der Waals surface area contributed by atoms with E-state index in [4.69, 9.17) is 0 Å². The molecule has 1 aliphatic heterocycles. The van der Waals surface area contributed by atoms with Gasteiger partial charge in [-0.1, -0.05) is 6.07 Å². The highest BCUT2D eigenvalue weighted by Gasteiger charge is 2.45. The minimum absolute atomic E-state index is 0.0261. The Morgan fingerprint density at radius 2 is 1.80 bits per heavy atom. The van der Waals surface area contributed by atoms with Crippen LogP contribution >= 0.6 is 0 Å². The number of hydrogen-bond acceptors (Lipinski definition) is 7. The van der Waals surface area contributed by atoms with E-state index >= 15 is 0 Å². The summed E-state index contributed by atoms with van der Waals surface area (Å²) in [6.45, 7) is 0.631. The molecule has 4 rings (SSSR count). The Kier molecular flexibility index (Phi) is 4.71. The topological polar surface area (TPSA) is 79.7 Å². The molecule has 0 saturated carbocycles. The molecule has 3 aromatic rings. The average molecular weight is 423 g/mol. The summed E-state index contributed by atoms with van der Waals surface area (Å²) in [5, 5.41) is 2.66. The highest BCUT2D eigenvalue weighted by Crippen LogP contribution is 2.32. The van der Waals surface area contributed by atoms with E-state index in [1.807, 2.05) is 0 Å². The molecular formula is C18H14F5N7. The number of alkyl halides is 5. The van der Waals surface area contributed by atoms with E-state index in [0.29, 0.717) is 11.4 Å². The summed E-state index contributed by atoms with van der Waals surface area (Å²) in [7, 11) is 0. The molecule has 3 aromatic heterocycles. The van der Waals surface area contributed by atoms with E-state index in [2.05, 4.69) is 30.2 Å². The molecule has 156 valence electrons. The van der Waals surface area contributed by atoms with Gasteiger partial charge in [0.05, 0.1) is 13.1 Å². The maximum atomic E-state index is 13.3. The van der Waals surface area contributed by atoms with Gasteiger partial charge in [0.15, 0.2) is 5.82 Å². The van der Waals surface area contributed by atoms with E-state index in [1.165, 1.54) is 11.0 Å². The zero-order chi connectivity index (χ0) is 21.5. The number of halogens is 5. The van der Waals surface area contributed by atoms with Gasteiger partial charge in [0.25, 0.3) is 5.92 Å². The number of anilines is 3. The second-order valence-electron chi connectivity index (χ2n) is 6.71. The van der Waals surface area contributed by atoms with Crippen LogP contribution in [0.2, 0.25) is 0 Å². The van der Waals surface area contributed by atoms with Crippen LogP contribution in [0.5, 0.6) is 0 Å². The van der Waals surface area contributed by atoms with Gasteiger partial charge in [-0.2, -0.15) is 28.1 Å². The Bertz CT molecular complexity index is 1080. The van der Waals surface area contributed by atoms with Crippen LogP contribution in [0.15, 0.2) is 36.5 Å². The van der Waals surface area contributed by atoms with E-state index in [9.17, 15) is 22.0 Å². The third-order valence-electron chi connectivity index (χ3n) is 4.17. The van der Waals surface area contributed by atoms with Crippen LogP contribution in [0, 0.1) is 6.92 Å². The Balaban J connectivity index is 1.71. The Morgan fingerprint density at radius 1 is 1.03 bits per heavy atom. The fourth-order valence-electron chi connectivity index (χ4n) is 2.79. The smallest absolute Gasteiger partial charge is 0.328 e. The van der Waals surface area contributed by atoms with Gasteiger partial charge in [0.2, 0.25) is 11.9 Å². The van der Waals surface area contributed by atoms with Crippen LogP contribution in [0.3, 0.4) is 0 Å². The molecule has 0 aromatic carbocycles. The van der Waals surface area contributed by atoms with Crippen LogP contribution < -0.4 is 10.2 Å². The second kappa shape index (κ2) is 7.11. The predicted octanol–water partition coefficient (Wildman–Crippen LogP) is 3.85. The molecule has 0 spiro atoms. The van der Waals surface area contributed by atoms with Gasteiger partial charge >= 0.3 is 6.18 Å². The van der Waals surface area contributed by atoms with Crippen molar-refractivity contribution in [3.05, 3.63) is 47.9 Å². The summed E-state index contributed by atoms with van der Waals surface area (Å²) in [5.41, 5.74) is -0.000551. The highest BCUT2D eigenvalue weighted by atomic mass is 19.4. The number of nitrogens with zero attached hydrogens (tertiary/aromatic N) is 6. The molecule has 0 unspecified atom stereocenters. The summed E-state index contributed by atoms with van der Waals surface area (Å²) in [4.78, 5) is 21.3. The number of nitrogens with one attached hydrogen (secondary N) is 1. The molecule has 12 heteroatoms. The van der Waals surface area contributed by atoms with E-state index in [1.54, 1.807) is 25.1 Å². The second-order valence-corrected chi connectivity index (χ2v) is 6.71. The van der Waals surface area contributed by atoms with Gasteiger partial charge in [-0.3, -0.25) is 4.98 Å². The SMILES string of the molecule is Cc1cccc(-c2nc(Nc3ccnc(C(F)(F)F)c3)nc(N3CC(F)(F)C3)n2)n1. The number of pyridine rings is 2. The Labute approximate surface area is 167 Å². The molecule has 0 atom stereocenters. The van der Waals surface area contributed by atoms with Gasteiger partial charge in [-0.05, 0) is 31.2 Å². The Morgan fingerprint density at radius 3 is 2.47 bits per heavy atom. The fraction of sp³-hybridized carbons (Fsp3) is 0.278. The first-order chi connectivity index (χ1) is 14.1. The number of aromatic nitrogens is 5. The zero-order valence-electron chi connectivity index (χ0n) is 15.5. The van der Waals surface area contributed by atoms with Crippen molar-refractivity contribution in [2.24, 2.45) is 0 Å². The lowest BCUT2D eigenvalue weighted by Crippen LogP contribution is -2.57. The van der Waals surface area contributed by atoms with Crippen LogP contribution in [-0.2, 0) is 6.18 Å². The molecule has 0 aliphatic carbocycles. The summed E-state index contributed by atoms with van der Waals surface area (Å²) < 4.78 is 65.3. The first kappa shape index (κ1) is 19.9. The minimum atomic E-state index is -4.62. The highest BCUT2D eigenvalue weighted by molar-refractivity contribution is 5.59. The molecule has 1 fully saturated rings. The van der Waals surface area contributed by atoms with Crippen LogP contribution in [0.4, 0.5) is 39.5 Å². The first-order valence-corrected chi connectivity index (χ1v) is 8.72. The summed E-state index contributed by atoms with van der Waals surface area (Å²) >= 11 is 0. The Hall–Kier alpha value is -3.44. The summed E-state index contributed by atoms with van der Waals surface area (Å²) in [6.07, 6.45) is -3.63. The average Bonchev–Trinajstić information content (AvgIpc) is 2.65. The lowest BCUT2D eigenvalue weighted by Gasteiger charge is -2.38. The molecule has 1 saturated heterocycles. The van der Waals surface area contributed by atoms with Gasteiger partial charge in [0, 0.05) is 17.6 Å². The molecule has 1 aliphatic rings. The van der Waals surface area contributed by atoms with Crippen molar-refractivity contribution in [1.29, 1.82) is 0 Å². The van der Waals surface area contributed by atoms with Gasteiger partial charge in [-0.15, -0.1) is 0 Å². The largest absolute Gasteiger partial charge is 0.433 e. The van der Waals surface area contributed by atoms with Crippen LogP contribution in [0.1, 0.15) is 11.4 Å². The molecule has 30 heavy (non-hydrogen) atoms. The maximum Gasteiger partial charge on any atom is 0.433 e. The fourth-order valence-corrected chi connectivity index (χ4v) is 2.79. The van der Waals surface area contributed by atoms with Crippen molar-refractivity contribution in [2.45, 2.75) is 19.0 Å². The zero-order valence-corrected chi connectivity index (χ0v) is 15.5. The predicted molar refractivity (Wildman–Crippen MR) is 97.5 cm³/mol. The summed E-state index contributed by atoms with van der Waals surface area (Å²) in [5.74, 6) is -2.88.